The number of nitriles is 1. The van der Waals surface area contributed by atoms with E-state index in [9.17, 15) is 15.2 Å². The number of phenolic OH excluding ortho intramolecular Hbond substituents is 1. The Morgan fingerprint density at radius 3 is 2.32 bits per heavy atom. The lowest BCUT2D eigenvalue weighted by Crippen LogP contribution is -2.13. The van der Waals surface area contributed by atoms with Crippen molar-refractivity contribution in [2.24, 2.45) is 0 Å². The van der Waals surface area contributed by atoms with Gasteiger partial charge < -0.3 is 15.2 Å². The van der Waals surface area contributed by atoms with E-state index < -0.39 is 5.91 Å². The Balaban J connectivity index is 2.01. The monoisotopic (exact) mass is 460 g/mol. The minimum atomic E-state index is -0.580. The molecule has 2 aromatic rings. The van der Waals surface area contributed by atoms with Crippen molar-refractivity contribution in [3.63, 3.8) is 0 Å². The number of phenols is 1. The third-order valence-electron chi connectivity index (χ3n) is 4.57. The number of hydrogen-bond donors (Lipinski definition) is 2. The maximum atomic E-state index is 12.4. The number of carbonyl (C=O) groups excluding carboxylic acids is 1. The Morgan fingerprint density at radius 1 is 1.10 bits per heavy atom. The molecule has 0 unspecified atom stereocenters. The first-order valence-electron chi connectivity index (χ1n) is 10.3. The SMILES string of the molecule is CCCCCCCCOc1c(Cl)cc(C=C(C#N)C(=O)Nc2ccc(O)cc2)cc1Cl. The van der Waals surface area contributed by atoms with Crippen LogP contribution >= 0.6 is 23.2 Å². The van der Waals surface area contributed by atoms with Crippen LogP contribution in [0.3, 0.4) is 0 Å². The Bertz CT molecular complexity index is 927. The largest absolute Gasteiger partial charge is 0.508 e. The molecule has 0 aliphatic rings. The van der Waals surface area contributed by atoms with Crippen LogP contribution in [0, 0.1) is 11.3 Å². The highest BCUT2D eigenvalue weighted by Crippen LogP contribution is 2.35. The second-order valence-corrected chi connectivity index (χ2v) is 7.92. The number of nitrogens with one attached hydrogen (secondary N) is 1. The highest BCUT2D eigenvalue weighted by Gasteiger charge is 2.13. The number of nitrogens with zero attached hydrogens (tertiary/aromatic N) is 1. The first kappa shape index (κ1) is 24.6. The summed E-state index contributed by atoms with van der Waals surface area (Å²) >= 11 is 12.6. The fourth-order valence-corrected chi connectivity index (χ4v) is 3.53. The number of hydrogen-bond acceptors (Lipinski definition) is 4. The van der Waals surface area contributed by atoms with Crippen LogP contribution in [0.15, 0.2) is 42.0 Å². The predicted octanol–water partition coefficient (Wildman–Crippen LogP) is 6.98. The molecule has 0 bridgehead atoms. The second kappa shape index (κ2) is 12.9. The summed E-state index contributed by atoms with van der Waals surface area (Å²) in [5, 5.41) is 21.9. The van der Waals surface area contributed by atoms with Gasteiger partial charge in [-0.3, -0.25) is 4.79 Å². The summed E-state index contributed by atoms with van der Waals surface area (Å²) in [6.45, 7) is 2.72. The summed E-state index contributed by atoms with van der Waals surface area (Å²) in [5.41, 5.74) is 0.860. The molecule has 0 saturated heterocycles. The van der Waals surface area contributed by atoms with Crippen molar-refractivity contribution in [1.82, 2.24) is 0 Å². The topological polar surface area (TPSA) is 82.3 Å². The fourth-order valence-electron chi connectivity index (χ4n) is 2.92. The van der Waals surface area contributed by atoms with Crippen molar-refractivity contribution in [3.8, 4) is 17.6 Å². The smallest absolute Gasteiger partial charge is 0.266 e. The van der Waals surface area contributed by atoms with E-state index in [0.29, 0.717) is 33.7 Å². The number of unbranched alkanes of at least 4 members (excludes halogenated alkanes) is 5. The third-order valence-corrected chi connectivity index (χ3v) is 5.13. The molecule has 164 valence electrons. The molecule has 2 rings (SSSR count). The highest BCUT2D eigenvalue weighted by molar-refractivity contribution is 6.37. The number of carbonyl (C=O) groups is 1. The molecule has 0 heterocycles. The molecule has 0 radical (unpaired) electrons. The molecule has 2 aromatic carbocycles. The van der Waals surface area contributed by atoms with Gasteiger partial charge in [0.25, 0.3) is 5.91 Å². The van der Waals surface area contributed by atoms with Gasteiger partial charge in [0, 0.05) is 5.69 Å². The van der Waals surface area contributed by atoms with Crippen molar-refractivity contribution in [2.75, 3.05) is 11.9 Å². The molecular formula is C24H26Cl2N2O3. The van der Waals surface area contributed by atoms with Gasteiger partial charge >= 0.3 is 0 Å². The van der Waals surface area contributed by atoms with Crippen LogP contribution in [0.1, 0.15) is 51.0 Å². The zero-order valence-corrected chi connectivity index (χ0v) is 19.0. The van der Waals surface area contributed by atoms with Gasteiger partial charge in [0.15, 0.2) is 5.75 Å². The summed E-state index contributed by atoms with van der Waals surface area (Å²) in [5.74, 6) is -0.0953. The van der Waals surface area contributed by atoms with Gasteiger partial charge in [-0.15, -0.1) is 0 Å². The third kappa shape index (κ3) is 8.16. The normalized spacial score (nSPS) is 11.1. The molecular weight excluding hydrogens is 435 g/mol. The summed E-state index contributed by atoms with van der Waals surface area (Å²) < 4.78 is 5.75. The van der Waals surface area contributed by atoms with Crippen LogP contribution in [0.5, 0.6) is 11.5 Å². The molecule has 0 aliphatic heterocycles. The molecule has 1 amide bonds. The van der Waals surface area contributed by atoms with E-state index in [1.165, 1.54) is 56.0 Å². The van der Waals surface area contributed by atoms with Gasteiger partial charge in [-0.2, -0.15) is 5.26 Å². The zero-order valence-electron chi connectivity index (χ0n) is 17.5. The zero-order chi connectivity index (χ0) is 22.6. The van der Waals surface area contributed by atoms with E-state index in [0.717, 1.165) is 12.8 Å². The predicted molar refractivity (Wildman–Crippen MR) is 126 cm³/mol. The lowest BCUT2D eigenvalue weighted by Gasteiger charge is -2.11. The van der Waals surface area contributed by atoms with Gasteiger partial charge in [0.2, 0.25) is 0 Å². The molecule has 0 saturated carbocycles. The molecule has 7 heteroatoms. The molecule has 31 heavy (non-hydrogen) atoms. The lowest BCUT2D eigenvalue weighted by atomic mass is 10.1. The Labute approximate surface area is 193 Å². The second-order valence-electron chi connectivity index (χ2n) is 7.10. The average Bonchev–Trinajstić information content (AvgIpc) is 2.74. The molecule has 2 N–H and O–H groups in total. The Morgan fingerprint density at radius 2 is 1.71 bits per heavy atom. The van der Waals surface area contributed by atoms with E-state index in [2.05, 4.69) is 12.2 Å². The van der Waals surface area contributed by atoms with Gasteiger partial charge in [-0.1, -0.05) is 62.2 Å². The van der Waals surface area contributed by atoms with E-state index in [1.807, 2.05) is 6.07 Å². The standard InChI is InChI=1S/C24H26Cl2N2O3/c1-2-3-4-5-6-7-12-31-23-21(25)14-17(15-22(23)26)13-18(16-27)24(30)28-19-8-10-20(29)11-9-19/h8-11,13-15,29H,2-7,12H2,1H3,(H,28,30). The van der Waals surface area contributed by atoms with Crippen LogP contribution < -0.4 is 10.1 Å². The van der Waals surface area contributed by atoms with E-state index in [1.54, 1.807) is 12.1 Å². The maximum Gasteiger partial charge on any atom is 0.266 e. The maximum absolute atomic E-state index is 12.4. The van der Waals surface area contributed by atoms with E-state index >= 15 is 0 Å². The van der Waals surface area contributed by atoms with E-state index in [4.69, 9.17) is 27.9 Å². The highest BCUT2D eigenvalue weighted by atomic mass is 35.5. The molecule has 0 aromatic heterocycles. The van der Waals surface area contributed by atoms with Crippen LogP contribution in [0.2, 0.25) is 10.0 Å². The molecule has 0 spiro atoms. The number of amides is 1. The van der Waals surface area contributed by atoms with E-state index in [-0.39, 0.29) is 11.3 Å². The quantitative estimate of drug-likeness (QED) is 0.164. The Kier molecular flexibility index (Phi) is 10.2. The first-order valence-corrected chi connectivity index (χ1v) is 11.0. The average molecular weight is 461 g/mol. The van der Waals surface area contributed by atoms with Crippen molar-refractivity contribution >= 4 is 40.9 Å². The van der Waals surface area contributed by atoms with Crippen molar-refractivity contribution < 1.29 is 14.6 Å². The van der Waals surface area contributed by atoms with Crippen LogP contribution in [0.4, 0.5) is 5.69 Å². The number of aromatic hydroxyl groups is 1. The summed E-state index contributed by atoms with van der Waals surface area (Å²) in [6, 6.07) is 11.0. The number of rotatable bonds is 11. The summed E-state index contributed by atoms with van der Waals surface area (Å²) in [7, 11) is 0. The van der Waals surface area contributed by atoms with Gasteiger partial charge in [0.1, 0.15) is 17.4 Å². The molecule has 0 atom stereocenters. The van der Waals surface area contributed by atoms with Crippen LogP contribution in [-0.2, 0) is 4.79 Å². The number of halogens is 2. The number of anilines is 1. The minimum absolute atomic E-state index is 0.0807. The fraction of sp³-hybridized carbons (Fsp3) is 0.333. The summed E-state index contributed by atoms with van der Waals surface area (Å²) in [6.07, 6.45) is 8.32. The van der Waals surface area contributed by atoms with Gasteiger partial charge in [0.05, 0.1) is 16.7 Å². The Hall–Kier alpha value is -2.68. The first-order chi connectivity index (χ1) is 14.9. The van der Waals surface area contributed by atoms with Crippen molar-refractivity contribution in [1.29, 1.82) is 5.26 Å². The van der Waals surface area contributed by atoms with Crippen molar-refractivity contribution in [3.05, 3.63) is 57.6 Å². The van der Waals surface area contributed by atoms with Crippen LogP contribution in [0.25, 0.3) is 6.08 Å². The molecule has 5 nitrogen and oxygen atoms in total. The number of benzene rings is 2. The van der Waals surface area contributed by atoms with Crippen molar-refractivity contribution in [2.45, 2.75) is 45.4 Å². The minimum Gasteiger partial charge on any atom is -0.508 e. The molecule has 0 aliphatic carbocycles. The summed E-state index contributed by atoms with van der Waals surface area (Å²) in [4.78, 5) is 12.4. The van der Waals surface area contributed by atoms with Gasteiger partial charge in [-0.25, -0.2) is 0 Å². The lowest BCUT2D eigenvalue weighted by molar-refractivity contribution is -0.112. The molecule has 0 fully saturated rings. The van der Waals surface area contributed by atoms with Crippen LogP contribution in [-0.4, -0.2) is 17.6 Å². The number of ether oxygens (including phenoxy) is 1. The van der Waals surface area contributed by atoms with Gasteiger partial charge in [-0.05, 0) is 54.5 Å².